The molecule has 0 aliphatic rings. The number of aryl methyl sites for hydroxylation is 2. The molecule has 3 rings (SSSR count). The summed E-state index contributed by atoms with van der Waals surface area (Å²) < 4.78 is 0. The van der Waals surface area contributed by atoms with E-state index in [0.717, 1.165) is 13.0 Å². The first-order valence-electron chi connectivity index (χ1n) is 8.61. The van der Waals surface area contributed by atoms with Gasteiger partial charge >= 0.3 is 0 Å². The highest BCUT2D eigenvalue weighted by atomic mass is 14.9. The molecule has 1 atom stereocenters. The molecular formula is C23H25N. The Kier molecular flexibility index (Phi) is 5.45. The molecule has 0 radical (unpaired) electrons. The van der Waals surface area contributed by atoms with Crippen LogP contribution in [0.4, 0.5) is 0 Å². The van der Waals surface area contributed by atoms with Crippen molar-refractivity contribution in [1.29, 1.82) is 0 Å². The molecule has 3 aromatic carbocycles. The van der Waals surface area contributed by atoms with Gasteiger partial charge in [-0.1, -0.05) is 78.9 Å². The maximum atomic E-state index is 3.78. The molecule has 1 nitrogen and oxygen atoms in total. The summed E-state index contributed by atoms with van der Waals surface area (Å²) in [5, 5.41) is 3.78. The summed E-state index contributed by atoms with van der Waals surface area (Å²) >= 11 is 0. The second kappa shape index (κ2) is 7.94. The first-order valence-corrected chi connectivity index (χ1v) is 8.61. The summed E-state index contributed by atoms with van der Waals surface area (Å²) in [7, 11) is 0. The first-order chi connectivity index (χ1) is 11.7. The molecule has 0 unspecified atom stereocenters. The predicted molar refractivity (Wildman–Crippen MR) is 102 cm³/mol. The van der Waals surface area contributed by atoms with Crippen molar-refractivity contribution in [1.82, 2.24) is 5.32 Å². The van der Waals surface area contributed by atoms with Crippen LogP contribution in [0.2, 0.25) is 0 Å². The fraction of sp³-hybridized carbons (Fsp3) is 0.217. The number of hydrogen-bond donors (Lipinski definition) is 1. The van der Waals surface area contributed by atoms with Gasteiger partial charge in [0.2, 0.25) is 0 Å². The number of benzene rings is 3. The fourth-order valence-electron chi connectivity index (χ4n) is 3.20. The van der Waals surface area contributed by atoms with Crippen molar-refractivity contribution < 1.29 is 0 Å². The minimum absolute atomic E-state index is 0.313. The zero-order valence-corrected chi connectivity index (χ0v) is 14.5. The Morgan fingerprint density at radius 1 is 0.708 bits per heavy atom. The molecule has 0 saturated carbocycles. The lowest BCUT2D eigenvalue weighted by molar-refractivity contribution is 0.528. The number of rotatable bonds is 6. The summed E-state index contributed by atoms with van der Waals surface area (Å²) in [4.78, 5) is 0. The van der Waals surface area contributed by atoms with Crippen LogP contribution in [-0.4, -0.2) is 0 Å². The van der Waals surface area contributed by atoms with Crippen LogP contribution in [0.1, 0.15) is 33.9 Å². The molecule has 0 bridgehead atoms. The van der Waals surface area contributed by atoms with Crippen molar-refractivity contribution in [3.63, 3.8) is 0 Å². The molecule has 0 aliphatic carbocycles. The van der Waals surface area contributed by atoms with Crippen LogP contribution in [0.15, 0.2) is 78.9 Å². The fourth-order valence-corrected chi connectivity index (χ4v) is 3.20. The van der Waals surface area contributed by atoms with E-state index >= 15 is 0 Å². The van der Waals surface area contributed by atoms with Crippen molar-refractivity contribution in [3.8, 4) is 0 Å². The van der Waals surface area contributed by atoms with Gasteiger partial charge < -0.3 is 5.32 Å². The molecule has 0 saturated heterocycles. The summed E-state index contributed by atoms with van der Waals surface area (Å²) in [5.74, 6) is 0. The summed E-state index contributed by atoms with van der Waals surface area (Å²) in [5.41, 5.74) is 6.82. The van der Waals surface area contributed by atoms with Crippen molar-refractivity contribution in [2.45, 2.75) is 32.9 Å². The molecule has 0 amide bonds. The summed E-state index contributed by atoms with van der Waals surface area (Å²) in [6.45, 7) is 5.28. The normalized spacial score (nSPS) is 12.1. The highest BCUT2D eigenvalue weighted by Gasteiger charge is 2.13. The van der Waals surface area contributed by atoms with E-state index in [1.54, 1.807) is 0 Å². The lowest BCUT2D eigenvalue weighted by Crippen LogP contribution is -2.23. The molecule has 24 heavy (non-hydrogen) atoms. The number of hydrogen-bond acceptors (Lipinski definition) is 1. The zero-order valence-electron chi connectivity index (χ0n) is 14.5. The van der Waals surface area contributed by atoms with Gasteiger partial charge in [-0.25, -0.2) is 0 Å². The minimum atomic E-state index is 0.313. The van der Waals surface area contributed by atoms with Crippen LogP contribution in [0.5, 0.6) is 0 Å². The van der Waals surface area contributed by atoms with Gasteiger partial charge in [-0.05, 0) is 48.1 Å². The lowest BCUT2D eigenvalue weighted by Gasteiger charge is -2.21. The lowest BCUT2D eigenvalue weighted by atomic mass is 9.97. The van der Waals surface area contributed by atoms with Gasteiger partial charge in [0.05, 0.1) is 0 Å². The van der Waals surface area contributed by atoms with Gasteiger partial charge in [-0.3, -0.25) is 0 Å². The van der Waals surface area contributed by atoms with Gasteiger partial charge in [-0.15, -0.1) is 0 Å². The number of nitrogens with one attached hydrogen (secondary N) is 1. The maximum Gasteiger partial charge on any atom is 0.0363 e. The standard InChI is InChI=1S/C23H25N/c1-18-10-9-11-19(2)22(18)17-24-23(21-14-7-4-8-15-21)16-20-12-5-3-6-13-20/h3-15,23-24H,16-17H2,1-2H3/t23-/m1/s1. The van der Waals surface area contributed by atoms with Gasteiger partial charge in [0.15, 0.2) is 0 Å². The summed E-state index contributed by atoms with van der Waals surface area (Å²) in [6, 6.07) is 28.3. The molecule has 0 aliphatic heterocycles. The molecule has 0 heterocycles. The highest BCUT2D eigenvalue weighted by molar-refractivity contribution is 5.33. The quantitative estimate of drug-likeness (QED) is 0.644. The molecule has 3 aromatic rings. The van der Waals surface area contributed by atoms with Crippen LogP contribution in [0, 0.1) is 13.8 Å². The van der Waals surface area contributed by atoms with E-state index in [9.17, 15) is 0 Å². The highest BCUT2D eigenvalue weighted by Crippen LogP contribution is 2.20. The second-order valence-corrected chi connectivity index (χ2v) is 6.40. The summed E-state index contributed by atoms with van der Waals surface area (Å²) in [6.07, 6.45) is 0.996. The van der Waals surface area contributed by atoms with E-state index in [4.69, 9.17) is 0 Å². The Labute approximate surface area is 145 Å². The van der Waals surface area contributed by atoms with E-state index in [-0.39, 0.29) is 0 Å². The Balaban J connectivity index is 1.80. The van der Waals surface area contributed by atoms with Crippen molar-refractivity contribution in [3.05, 3.63) is 107 Å². The second-order valence-electron chi connectivity index (χ2n) is 6.40. The Morgan fingerprint density at radius 2 is 1.29 bits per heavy atom. The minimum Gasteiger partial charge on any atom is -0.306 e. The average molecular weight is 315 g/mol. The predicted octanol–water partition coefficient (Wildman–Crippen LogP) is 5.38. The largest absolute Gasteiger partial charge is 0.306 e. The topological polar surface area (TPSA) is 12.0 Å². The molecule has 1 heteroatoms. The van der Waals surface area contributed by atoms with E-state index in [0.29, 0.717) is 6.04 Å². The third-order valence-electron chi connectivity index (χ3n) is 4.65. The van der Waals surface area contributed by atoms with Crippen LogP contribution < -0.4 is 5.32 Å². The van der Waals surface area contributed by atoms with E-state index < -0.39 is 0 Å². The van der Waals surface area contributed by atoms with E-state index in [2.05, 4.69) is 98.0 Å². The molecular weight excluding hydrogens is 290 g/mol. The van der Waals surface area contributed by atoms with Gasteiger partial charge in [0.1, 0.15) is 0 Å². The molecule has 122 valence electrons. The van der Waals surface area contributed by atoms with Crippen LogP contribution in [0.25, 0.3) is 0 Å². The Bertz CT molecular complexity index is 742. The van der Waals surface area contributed by atoms with Crippen LogP contribution in [0.3, 0.4) is 0 Å². The van der Waals surface area contributed by atoms with E-state index in [1.807, 2.05) is 0 Å². The average Bonchev–Trinajstić information content (AvgIpc) is 2.62. The third-order valence-corrected chi connectivity index (χ3v) is 4.65. The zero-order chi connectivity index (χ0) is 16.8. The Hall–Kier alpha value is -2.38. The van der Waals surface area contributed by atoms with Crippen LogP contribution >= 0.6 is 0 Å². The maximum absolute atomic E-state index is 3.78. The van der Waals surface area contributed by atoms with Crippen molar-refractivity contribution in [2.75, 3.05) is 0 Å². The smallest absolute Gasteiger partial charge is 0.0363 e. The monoisotopic (exact) mass is 315 g/mol. The van der Waals surface area contributed by atoms with Crippen molar-refractivity contribution >= 4 is 0 Å². The van der Waals surface area contributed by atoms with Gasteiger partial charge in [0.25, 0.3) is 0 Å². The molecule has 0 spiro atoms. The SMILES string of the molecule is Cc1cccc(C)c1CN[C@H](Cc1ccccc1)c1ccccc1. The molecule has 0 fully saturated rings. The molecule has 1 N–H and O–H groups in total. The van der Waals surface area contributed by atoms with Gasteiger partial charge in [0, 0.05) is 12.6 Å². The third kappa shape index (κ3) is 4.12. The first kappa shape index (κ1) is 16.5. The van der Waals surface area contributed by atoms with Gasteiger partial charge in [-0.2, -0.15) is 0 Å². The van der Waals surface area contributed by atoms with Crippen LogP contribution in [-0.2, 0) is 13.0 Å². The van der Waals surface area contributed by atoms with E-state index in [1.165, 1.54) is 27.8 Å². The van der Waals surface area contributed by atoms with Crippen molar-refractivity contribution in [2.24, 2.45) is 0 Å². The molecule has 0 aromatic heterocycles. The Morgan fingerprint density at radius 3 is 1.92 bits per heavy atom.